The fraction of sp³-hybridized carbons (Fsp3) is 0.571. The molecule has 0 N–H and O–H groups in total. The summed E-state index contributed by atoms with van der Waals surface area (Å²) in [6, 6.07) is 2.01. The van der Waals surface area contributed by atoms with Crippen LogP contribution in [0.1, 0.15) is 34.1 Å². The van der Waals surface area contributed by atoms with Crippen molar-refractivity contribution in [2.45, 2.75) is 34.1 Å². The van der Waals surface area contributed by atoms with E-state index in [-0.39, 0.29) is 23.0 Å². The van der Waals surface area contributed by atoms with Gasteiger partial charge in [-0.15, -0.1) is 0 Å². The summed E-state index contributed by atoms with van der Waals surface area (Å²) in [6.07, 6.45) is 2.73. The van der Waals surface area contributed by atoms with E-state index in [0.717, 1.165) is 12.0 Å². The van der Waals surface area contributed by atoms with Crippen molar-refractivity contribution in [2.75, 3.05) is 0 Å². The van der Waals surface area contributed by atoms with Gasteiger partial charge >= 0.3 is 0 Å². The minimum atomic E-state index is -0.229. The lowest BCUT2D eigenvalue weighted by atomic mass is 9.61. The average molecular weight is 217 g/mol. The van der Waals surface area contributed by atoms with Crippen molar-refractivity contribution in [1.29, 1.82) is 5.26 Å². The second kappa shape index (κ2) is 4.25. The molecule has 0 radical (unpaired) electrons. The van der Waals surface area contributed by atoms with Gasteiger partial charge in [-0.1, -0.05) is 45.4 Å². The average Bonchev–Trinajstić information content (AvgIpc) is 2.24. The summed E-state index contributed by atoms with van der Waals surface area (Å²) in [5.74, 6) is 0.133. The summed E-state index contributed by atoms with van der Waals surface area (Å²) in [5.41, 5.74) is 1.09. The van der Waals surface area contributed by atoms with Crippen LogP contribution in [0.25, 0.3) is 0 Å². The van der Waals surface area contributed by atoms with Crippen LogP contribution in [0.3, 0.4) is 0 Å². The molecule has 0 heterocycles. The molecular weight excluding hydrogens is 198 g/mol. The lowest BCUT2D eigenvalue weighted by molar-refractivity contribution is -0.121. The number of Topliss-reactive ketones (excluding diaryl/α,β-unsaturated/α-hetero) is 1. The molecule has 0 aromatic rings. The molecule has 0 bridgehead atoms. The maximum Gasteiger partial charge on any atom is 0.176 e. The van der Waals surface area contributed by atoms with Crippen LogP contribution in [-0.2, 0) is 4.79 Å². The van der Waals surface area contributed by atoms with Gasteiger partial charge in [0.2, 0.25) is 0 Å². The van der Waals surface area contributed by atoms with Crippen molar-refractivity contribution < 1.29 is 4.79 Å². The zero-order valence-corrected chi connectivity index (χ0v) is 10.5. The van der Waals surface area contributed by atoms with Crippen LogP contribution in [0.4, 0.5) is 0 Å². The molecule has 0 aromatic carbocycles. The Balaban J connectivity index is 3.36. The van der Waals surface area contributed by atoms with Crippen molar-refractivity contribution in [3.8, 4) is 6.07 Å². The number of allylic oxidation sites excluding steroid dienone is 3. The maximum absolute atomic E-state index is 11.9. The fourth-order valence-corrected chi connectivity index (χ4v) is 2.73. The van der Waals surface area contributed by atoms with Crippen molar-refractivity contribution in [2.24, 2.45) is 17.3 Å². The van der Waals surface area contributed by atoms with Crippen LogP contribution in [0.15, 0.2) is 23.8 Å². The highest BCUT2D eigenvalue weighted by atomic mass is 16.1. The number of rotatable bonds is 2. The molecule has 0 aromatic heterocycles. The molecule has 3 atom stereocenters. The van der Waals surface area contributed by atoms with Crippen LogP contribution in [0, 0.1) is 28.6 Å². The van der Waals surface area contributed by atoms with E-state index in [1.807, 2.05) is 26.0 Å². The summed E-state index contributed by atoms with van der Waals surface area (Å²) in [6.45, 7) is 12.1. The first-order chi connectivity index (χ1) is 7.38. The highest BCUT2D eigenvalue weighted by Crippen LogP contribution is 2.46. The first kappa shape index (κ1) is 12.7. The van der Waals surface area contributed by atoms with Crippen molar-refractivity contribution >= 4 is 5.78 Å². The lowest BCUT2D eigenvalue weighted by Gasteiger charge is -2.42. The van der Waals surface area contributed by atoms with Crippen molar-refractivity contribution in [3.63, 3.8) is 0 Å². The third-order valence-electron chi connectivity index (χ3n) is 3.98. The first-order valence-corrected chi connectivity index (χ1v) is 5.71. The quantitative estimate of drug-likeness (QED) is 0.666. The second-order valence-corrected chi connectivity index (χ2v) is 4.90. The molecule has 2 nitrogen and oxygen atoms in total. The smallest absolute Gasteiger partial charge is 0.176 e. The number of hydrogen-bond donors (Lipinski definition) is 0. The summed E-state index contributed by atoms with van der Waals surface area (Å²) in [7, 11) is 0. The molecule has 0 fully saturated rings. The Kier molecular flexibility index (Phi) is 3.38. The van der Waals surface area contributed by atoms with Crippen molar-refractivity contribution in [1.82, 2.24) is 0 Å². The van der Waals surface area contributed by atoms with Crippen LogP contribution in [0.5, 0.6) is 0 Å². The van der Waals surface area contributed by atoms with Gasteiger partial charge in [0.05, 0.1) is 5.57 Å². The van der Waals surface area contributed by atoms with Gasteiger partial charge in [0, 0.05) is 11.3 Å². The summed E-state index contributed by atoms with van der Waals surface area (Å²) in [5, 5.41) is 8.98. The van der Waals surface area contributed by atoms with E-state index < -0.39 is 0 Å². The Morgan fingerprint density at radius 1 is 1.69 bits per heavy atom. The van der Waals surface area contributed by atoms with E-state index in [0.29, 0.717) is 5.57 Å². The predicted molar refractivity (Wildman–Crippen MR) is 64.6 cm³/mol. The van der Waals surface area contributed by atoms with Crippen LogP contribution >= 0.6 is 0 Å². The van der Waals surface area contributed by atoms with E-state index in [4.69, 9.17) is 5.26 Å². The number of nitriles is 1. The van der Waals surface area contributed by atoms with Crippen LogP contribution in [0.2, 0.25) is 0 Å². The van der Waals surface area contributed by atoms with Gasteiger partial charge in [0.25, 0.3) is 0 Å². The topological polar surface area (TPSA) is 40.9 Å². The number of nitrogens with zero attached hydrogens (tertiary/aromatic N) is 1. The predicted octanol–water partition coefficient (Wildman–Crippen LogP) is 3.26. The van der Waals surface area contributed by atoms with E-state index in [1.165, 1.54) is 0 Å². The van der Waals surface area contributed by atoms with E-state index >= 15 is 0 Å². The molecule has 86 valence electrons. The van der Waals surface area contributed by atoms with E-state index in [9.17, 15) is 4.79 Å². The Morgan fingerprint density at radius 2 is 2.25 bits per heavy atom. The molecule has 0 aliphatic heterocycles. The maximum atomic E-state index is 11.9. The standard InChI is InChI=1S/C14H19NO/c1-6-12-10(4)13(16)11(8-15)7-14(12,5)9(2)3/h7,10,12H,2,6H2,1,3-5H3. The van der Waals surface area contributed by atoms with Gasteiger partial charge in [-0.05, 0) is 12.8 Å². The summed E-state index contributed by atoms with van der Waals surface area (Å²) < 4.78 is 0. The fourth-order valence-electron chi connectivity index (χ4n) is 2.73. The zero-order valence-electron chi connectivity index (χ0n) is 10.5. The SMILES string of the molecule is C=C(C)C1(C)C=C(C#N)C(=O)C(C)C1CC. The van der Waals surface area contributed by atoms with Gasteiger partial charge in [-0.3, -0.25) is 4.79 Å². The second-order valence-electron chi connectivity index (χ2n) is 4.90. The minimum absolute atomic E-state index is 0.0203. The molecule has 0 saturated carbocycles. The van der Waals surface area contributed by atoms with Gasteiger partial charge in [0.15, 0.2) is 5.78 Å². The van der Waals surface area contributed by atoms with Crippen molar-refractivity contribution in [3.05, 3.63) is 23.8 Å². The molecule has 0 spiro atoms. The molecule has 16 heavy (non-hydrogen) atoms. The lowest BCUT2D eigenvalue weighted by Crippen LogP contribution is -2.39. The Hall–Kier alpha value is -1.36. The van der Waals surface area contributed by atoms with Crippen LogP contribution in [-0.4, -0.2) is 5.78 Å². The Bertz CT molecular complexity index is 399. The van der Waals surface area contributed by atoms with Gasteiger partial charge < -0.3 is 0 Å². The molecule has 1 aliphatic carbocycles. The highest BCUT2D eigenvalue weighted by molar-refractivity contribution is 6.01. The molecule has 0 amide bonds. The molecule has 0 saturated heterocycles. The number of hydrogen-bond acceptors (Lipinski definition) is 2. The highest BCUT2D eigenvalue weighted by Gasteiger charge is 2.43. The number of carbonyl (C=O) groups excluding carboxylic acids is 1. The zero-order chi connectivity index (χ0) is 12.5. The van der Waals surface area contributed by atoms with E-state index in [2.05, 4.69) is 20.4 Å². The Labute approximate surface area is 97.7 Å². The number of ketones is 1. The molecule has 3 unspecified atom stereocenters. The largest absolute Gasteiger partial charge is 0.293 e. The monoisotopic (exact) mass is 217 g/mol. The third-order valence-corrected chi connectivity index (χ3v) is 3.98. The summed E-state index contributed by atoms with van der Waals surface area (Å²) >= 11 is 0. The van der Waals surface area contributed by atoms with Gasteiger partial charge in [-0.25, -0.2) is 0 Å². The molecule has 2 heteroatoms. The summed E-state index contributed by atoms with van der Waals surface area (Å²) in [4.78, 5) is 11.9. The molecule has 1 rings (SSSR count). The molecule has 1 aliphatic rings. The van der Waals surface area contributed by atoms with E-state index in [1.54, 1.807) is 0 Å². The minimum Gasteiger partial charge on any atom is -0.293 e. The van der Waals surface area contributed by atoms with Gasteiger partial charge in [0.1, 0.15) is 6.07 Å². The normalized spacial score (nSPS) is 34.2. The first-order valence-electron chi connectivity index (χ1n) is 5.71. The third kappa shape index (κ3) is 1.71. The number of carbonyl (C=O) groups is 1. The van der Waals surface area contributed by atoms with Crippen LogP contribution < -0.4 is 0 Å². The van der Waals surface area contributed by atoms with Gasteiger partial charge in [-0.2, -0.15) is 5.26 Å². The Morgan fingerprint density at radius 3 is 2.62 bits per heavy atom. The molecular formula is C14H19NO.